The molecule has 20 heavy (non-hydrogen) atoms. The van der Waals surface area contributed by atoms with Crippen LogP contribution in [0.2, 0.25) is 0 Å². The van der Waals surface area contributed by atoms with Crippen molar-refractivity contribution in [2.45, 2.75) is 45.7 Å². The van der Waals surface area contributed by atoms with Gasteiger partial charge in [-0.1, -0.05) is 0 Å². The molecule has 114 valence electrons. The van der Waals surface area contributed by atoms with E-state index in [0.717, 1.165) is 25.0 Å². The predicted molar refractivity (Wildman–Crippen MR) is 79.6 cm³/mol. The van der Waals surface area contributed by atoms with Crippen LogP contribution in [0.5, 0.6) is 5.75 Å². The minimum atomic E-state index is -0.259. The molecule has 3 nitrogen and oxygen atoms in total. The summed E-state index contributed by atoms with van der Waals surface area (Å²) in [6.45, 7) is 8.19. The number of nitrogens with one attached hydrogen (secondary N) is 1. The Kier molecular flexibility index (Phi) is 6.96. The van der Waals surface area contributed by atoms with E-state index in [1.54, 1.807) is 7.11 Å². The molecule has 1 aromatic carbocycles. The zero-order valence-corrected chi connectivity index (χ0v) is 13.0. The van der Waals surface area contributed by atoms with Gasteiger partial charge < -0.3 is 14.8 Å². The van der Waals surface area contributed by atoms with Gasteiger partial charge in [0, 0.05) is 31.9 Å². The third-order valence-corrected chi connectivity index (χ3v) is 2.77. The van der Waals surface area contributed by atoms with Crippen molar-refractivity contribution >= 4 is 0 Å². The maximum absolute atomic E-state index is 13.5. The molecule has 0 bridgehead atoms. The summed E-state index contributed by atoms with van der Waals surface area (Å²) < 4.78 is 24.1. The van der Waals surface area contributed by atoms with Gasteiger partial charge in [0.15, 0.2) is 0 Å². The molecule has 0 saturated carbocycles. The van der Waals surface area contributed by atoms with E-state index in [1.165, 1.54) is 12.1 Å². The van der Waals surface area contributed by atoms with Crippen LogP contribution in [0.4, 0.5) is 4.39 Å². The van der Waals surface area contributed by atoms with E-state index in [2.05, 4.69) is 26.1 Å². The number of hydrogen-bond donors (Lipinski definition) is 1. The Labute approximate surface area is 121 Å². The van der Waals surface area contributed by atoms with Crippen molar-refractivity contribution in [2.24, 2.45) is 0 Å². The summed E-state index contributed by atoms with van der Waals surface area (Å²) in [4.78, 5) is 0. The second-order valence-corrected chi connectivity index (χ2v) is 5.95. The SMILES string of the molecule is COCCCCOc1cc(F)cc(CNC(C)(C)C)c1. The second-order valence-electron chi connectivity index (χ2n) is 5.95. The lowest BCUT2D eigenvalue weighted by molar-refractivity contribution is 0.184. The summed E-state index contributed by atoms with van der Waals surface area (Å²) in [7, 11) is 1.68. The van der Waals surface area contributed by atoms with Gasteiger partial charge >= 0.3 is 0 Å². The van der Waals surface area contributed by atoms with Gasteiger partial charge in [-0.2, -0.15) is 0 Å². The van der Waals surface area contributed by atoms with Gasteiger partial charge in [0.25, 0.3) is 0 Å². The number of rotatable bonds is 8. The Morgan fingerprint density at radius 1 is 1.10 bits per heavy atom. The molecule has 4 heteroatoms. The van der Waals surface area contributed by atoms with Crippen LogP contribution in [-0.2, 0) is 11.3 Å². The van der Waals surface area contributed by atoms with Crippen LogP contribution in [0.3, 0.4) is 0 Å². The van der Waals surface area contributed by atoms with Crippen LogP contribution >= 0.6 is 0 Å². The summed E-state index contributed by atoms with van der Waals surface area (Å²) in [5, 5.41) is 3.34. The summed E-state index contributed by atoms with van der Waals surface area (Å²) in [5.74, 6) is 0.332. The molecule has 0 aliphatic carbocycles. The highest BCUT2D eigenvalue weighted by atomic mass is 19.1. The monoisotopic (exact) mass is 283 g/mol. The Morgan fingerprint density at radius 2 is 1.80 bits per heavy atom. The van der Waals surface area contributed by atoms with Gasteiger partial charge in [-0.25, -0.2) is 4.39 Å². The molecule has 1 N–H and O–H groups in total. The predicted octanol–water partition coefficient (Wildman–Crippen LogP) is 3.52. The van der Waals surface area contributed by atoms with E-state index in [4.69, 9.17) is 9.47 Å². The van der Waals surface area contributed by atoms with Crippen LogP contribution in [0.25, 0.3) is 0 Å². The first-order valence-electron chi connectivity index (χ1n) is 7.07. The maximum atomic E-state index is 13.5. The Bertz CT molecular complexity index is 402. The second kappa shape index (κ2) is 8.22. The highest BCUT2D eigenvalue weighted by molar-refractivity contribution is 5.29. The fourth-order valence-electron chi connectivity index (χ4n) is 1.71. The van der Waals surface area contributed by atoms with Gasteiger partial charge in [-0.3, -0.25) is 0 Å². The first-order valence-corrected chi connectivity index (χ1v) is 7.07. The zero-order valence-electron chi connectivity index (χ0n) is 13.0. The highest BCUT2D eigenvalue weighted by Crippen LogP contribution is 2.17. The smallest absolute Gasteiger partial charge is 0.127 e. The van der Waals surface area contributed by atoms with E-state index in [-0.39, 0.29) is 11.4 Å². The number of benzene rings is 1. The van der Waals surface area contributed by atoms with E-state index in [9.17, 15) is 4.39 Å². The lowest BCUT2D eigenvalue weighted by Gasteiger charge is -2.20. The molecule has 0 heterocycles. The lowest BCUT2D eigenvalue weighted by Crippen LogP contribution is -2.35. The Morgan fingerprint density at radius 3 is 2.45 bits per heavy atom. The molecule has 1 rings (SSSR count). The molecule has 0 spiro atoms. The van der Waals surface area contributed by atoms with Crippen molar-refractivity contribution in [1.29, 1.82) is 0 Å². The molecule has 1 aromatic rings. The van der Waals surface area contributed by atoms with E-state index in [0.29, 0.717) is 18.9 Å². The average Bonchev–Trinajstić information content (AvgIpc) is 2.35. The van der Waals surface area contributed by atoms with Gasteiger partial charge in [0.1, 0.15) is 11.6 Å². The number of ether oxygens (including phenoxy) is 2. The summed E-state index contributed by atoms with van der Waals surface area (Å²) >= 11 is 0. The molecule has 0 saturated heterocycles. The van der Waals surface area contributed by atoms with Gasteiger partial charge in [-0.15, -0.1) is 0 Å². The third-order valence-electron chi connectivity index (χ3n) is 2.77. The fourth-order valence-corrected chi connectivity index (χ4v) is 1.71. The quantitative estimate of drug-likeness (QED) is 0.740. The molecule has 0 aliphatic heterocycles. The molecule has 0 aliphatic rings. The van der Waals surface area contributed by atoms with Crippen LogP contribution in [0.1, 0.15) is 39.2 Å². The van der Waals surface area contributed by atoms with Gasteiger partial charge in [0.05, 0.1) is 6.61 Å². The van der Waals surface area contributed by atoms with E-state index in [1.807, 2.05) is 6.07 Å². The van der Waals surface area contributed by atoms with Crippen molar-refractivity contribution < 1.29 is 13.9 Å². The van der Waals surface area contributed by atoms with Crippen molar-refractivity contribution in [2.75, 3.05) is 20.3 Å². The minimum Gasteiger partial charge on any atom is -0.493 e. The maximum Gasteiger partial charge on any atom is 0.127 e. The molecule has 0 unspecified atom stereocenters. The van der Waals surface area contributed by atoms with E-state index < -0.39 is 0 Å². The Balaban J connectivity index is 2.49. The first-order chi connectivity index (χ1) is 9.40. The molecule has 0 aromatic heterocycles. The number of methoxy groups -OCH3 is 1. The standard InChI is InChI=1S/C16H26FNO2/c1-16(2,3)18-12-13-9-14(17)11-15(10-13)20-8-6-5-7-19-4/h9-11,18H,5-8,12H2,1-4H3. The summed E-state index contributed by atoms with van der Waals surface area (Å²) in [5.41, 5.74) is 0.903. The third kappa shape index (κ3) is 7.46. The molecular formula is C16H26FNO2. The number of hydrogen-bond acceptors (Lipinski definition) is 3. The van der Waals surface area contributed by atoms with E-state index >= 15 is 0 Å². The largest absolute Gasteiger partial charge is 0.493 e. The number of unbranched alkanes of at least 4 members (excludes halogenated alkanes) is 1. The summed E-state index contributed by atoms with van der Waals surface area (Å²) in [6, 6.07) is 4.85. The number of halogens is 1. The minimum absolute atomic E-state index is 0.00743. The molecule has 0 amide bonds. The summed E-state index contributed by atoms with van der Waals surface area (Å²) in [6.07, 6.45) is 1.85. The molecule has 0 atom stereocenters. The lowest BCUT2D eigenvalue weighted by atomic mass is 10.1. The van der Waals surface area contributed by atoms with Gasteiger partial charge in [-0.05, 0) is 51.3 Å². The molecule has 0 fully saturated rings. The topological polar surface area (TPSA) is 30.5 Å². The normalized spacial score (nSPS) is 11.7. The van der Waals surface area contributed by atoms with Crippen molar-refractivity contribution in [3.8, 4) is 5.75 Å². The van der Waals surface area contributed by atoms with Crippen LogP contribution in [0.15, 0.2) is 18.2 Å². The fraction of sp³-hybridized carbons (Fsp3) is 0.625. The van der Waals surface area contributed by atoms with Gasteiger partial charge in [0.2, 0.25) is 0 Å². The van der Waals surface area contributed by atoms with Crippen molar-refractivity contribution in [1.82, 2.24) is 5.32 Å². The van der Waals surface area contributed by atoms with Crippen LogP contribution < -0.4 is 10.1 Å². The van der Waals surface area contributed by atoms with Crippen LogP contribution in [-0.4, -0.2) is 25.9 Å². The first kappa shape index (κ1) is 16.9. The zero-order chi connectivity index (χ0) is 15.0. The Hall–Kier alpha value is -1.13. The van der Waals surface area contributed by atoms with Crippen molar-refractivity contribution in [3.63, 3.8) is 0 Å². The average molecular weight is 283 g/mol. The molecule has 0 radical (unpaired) electrons. The molecular weight excluding hydrogens is 257 g/mol. The highest BCUT2D eigenvalue weighted by Gasteiger charge is 2.09. The van der Waals surface area contributed by atoms with Crippen LogP contribution in [0, 0.1) is 5.82 Å². The van der Waals surface area contributed by atoms with Crippen molar-refractivity contribution in [3.05, 3.63) is 29.6 Å².